The van der Waals surface area contributed by atoms with E-state index < -0.39 is 0 Å². The van der Waals surface area contributed by atoms with E-state index in [0.29, 0.717) is 4.75 Å². The third-order valence-electron chi connectivity index (χ3n) is 5.66. The Morgan fingerprint density at radius 1 is 1.21 bits per heavy atom. The summed E-state index contributed by atoms with van der Waals surface area (Å²) >= 11 is 2.12. The molecule has 0 aliphatic heterocycles. The number of hydrogen-bond donors (Lipinski definition) is 1. The van der Waals surface area contributed by atoms with Gasteiger partial charge in [-0.2, -0.15) is 11.8 Å². The van der Waals surface area contributed by atoms with Gasteiger partial charge in [-0.3, -0.25) is 0 Å². The Bertz CT molecular complexity index is 270. The average molecular weight is 284 g/mol. The van der Waals surface area contributed by atoms with Crippen LogP contribution in [0.25, 0.3) is 0 Å². The van der Waals surface area contributed by atoms with Crippen molar-refractivity contribution in [1.82, 2.24) is 5.32 Å². The van der Waals surface area contributed by atoms with Gasteiger partial charge in [-0.25, -0.2) is 0 Å². The summed E-state index contributed by atoms with van der Waals surface area (Å²) in [6, 6.07) is 0.772. The van der Waals surface area contributed by atoms with Crippen LogP contribution < -0.4 is 5.32 Å². The first-order chi connectivity index (χ1) is 9.06. The van der Waals surface area contributed by atoms with Crippen LogP contribution in [0.4, 0.5) is 0 Å². The molecule has 0 saturated heterocycles. The summed E-state index contributed by atoms with van der Waals surface area (Å²) in [7, 11) is 0. The van der Waals surface area contributed by atoms with Crippen LogP contribution in [-0.2, 0) is 0 Å². The minimum atomic E-state index is 0.558. The first-order valence-corrected chi connectivity index (χ1v) is 9.57. The molecule has 3 atom stereocenters. The van der Waals surface area contributed by atoms with E-state index >= 15 is 0 Å². The van der Waals surface area contributed by atoms with Crippen molar-refractivity contribution in [3.8, 4) is 0 Å². The maximum atomic E-state index is 4.00. The zero-order chi connectivity index (χ0) is 13.9. The molecule has 2 saturated carbocycles. The maximum absolute atomic E-state index is 4.00. The monoisotopic (exact) mass is 283 g/mol. The third-order valence-corrected chi connectivity index (χ3v) is 7.08. The predicted octanol–water partition coefficient (Wildman–Crippen LogP) is 4.71. The van der Waals surface area contributed by atoms with Gasteiger partial charge >= 0.3 is 0 Å². The van der Waals surface area contributed by atoms with Gasteiger partial charge in [0.05, 0.1) is 0 Å². The van der Waals surface area contributed by atoms with Gasteiger partial charge in [-0.15, -0.1) is 0 Å². The zero-order valence-corrected chi connectivity index (χ0v) is 14.2. The van der Waals surface area contributed by atoms with Crippen LogP contribution >= 0.6 is 11.8 Å². The fourth-order valence-electron chi connectivity index (χ4n) is 4.23. The number of nitrogens with one attached hydrogen (secondary N) is 1. The highest BCUT2D eigenvalue weighted by molar-refractivity contribution is 8.00. The second kappa shape index (κ2) is 6.85. The number of hydrogen-bond acceptors (Lipinski definition) is 2. The molecule has 0 aromatic rings. The van der Waals surface area contributed by atoms with Crippen LogP contribution in [0.1, 0.15) is 65.7 Å². The summed E-state index contributed by atoms with van der Waals surface area (Å²) < 4.78 is 0.558. The lowest BCUT2D eigenvalue weighted by atomic mass is 9.74. The summed E-state index contributed by atoms with van der Waals surface area (Å²) in [5.74, 6) is 2.65. The van der Waals surface area contributed by atoms with Crippen molar-refractivity contribution < 1.29 is 0 Å². The molecular weight excluding hydrogens is 250 g/mol. The van der Waals surface area contributed by atoms with Gasteiger partial charge in [0, 0.05) is 17.3 Å². The van der Waals surface area contributed by atoms with Gasteiger partial charge in [0.25, 0.3) is 0 Å². The van der Waals surface area contributed by atoms with Gasteiger partial charge in [-0.1, -0.05) is 40.0 Å². The minimum absolute atomic E-state index is 0.558. The normalized spacial score (nSPS) is 34.9. The molecule has 2 aliphatic carbocycles. The largest absolute Gasteiger partial charge is 0.312 e. The highest BCUT2D eigenvalue weighted by Crippen LogP contribution is 2.40. The molecule has 0 radical (unpaired) electrons. The average Bonchev–Trinajstić information content (AvgIpc) is 2.85. The van der Waals surface area contributed by atoms with Crippen molar-refractivity contribution in [3.63, 3.8) is 0 Å². The summed E-state index contributed by atoms with van der Waals surface area (Å²) in [4.78, 5) is 0. The second-order valence-electron chi connectivity index (χ2n) is 7.41. The summed E-state index contributed by atoms with van der Waals surface area (Å²) in [5, 5.41) is 4.00. The Labute approximate surface area is 124 Å². The van der Waals surface area contributed by atoms with Crippen molar-refractivity contribution >= 4 is 11.8 Å². The number of rotatable bonds is 5. The smallest absolute Gasteiger partial charge is 0.0281 e. The molecule has 0 heterocycles. The van der Waals surface area contributed by atoms with E-state index in [-0.39, 0.29) is 0 Å². The Kier molecular flexibility index (Phi) is 5.65. The van der Waals surface area contributed by atoms with E-state index in [9.17, 15) is 0 Å². The van der Waals surface area contributed by atoms with E-state index in [1.165, 1.54) is 51.5 Å². The molecule has 2 rings (SSSR count). The van der Waals surface area contributed by atoms with Gasteiger partial charge < -0.3 is 5.32 Å². The summed E-state index contributed by atoms with van der Waals surface area (Å²) in [6.07, 6.45) is 12.3. The molecule has 3 unspecified atom stereocenters. The SMILES string of the molecule is CSC1(CNC2CC(C)CCC2C(C)C)CCCC1. The molecule has 0 spiro atoms. The minimum Gasteiger partial charge on any atom is -0.312 e. The third kappa shape index (κ3) is 3.91. The molecular formula is C17H33NS. The number of thioether (sulfide) groups is 1. The quantitative estimate of drug-likeness (QED) is 0.784. The Hall–Kier alpha value is 0.310. The van der Waals surface area contributed by atoms with Gasteiger partial charge in [0.1, 0.15) is 0 Å². The molecule has 2 aliphatic rings. The van der Waals surface area contributed by atoms with E-state index in [0.717, 1.165) is 23.8 Å². The van der Waals surface area contributed by atoms with E-state index in [2.05, 4.69) is 44.1 Å². The van der Waals surface area contributed by atoms with E-state index in [1.807, 2.05) is 0 Å². The van der Waals surface area contributed by atoms with Crippen molar-refractivity contribution in [2.75, 3.05) is 12.8 Å². The van der Waals surface area contributed by atoms with E-state index in [1.54, 1.807) is 0 Å². The Morgan fingerprint density at radius 3 is 2.47 bits per heavy atom. The highest BCUT2D eigenvalue weighted by atomic mass is 32.2. The van der Waals surface area contributed by atoms with Crippen LogP contribution in [0.3, 0.4) is 0 Å². The topological polar surface area (TPSA) is 12.0 Å². The molecule has 0 amide bonds. The van der Waals surface area contributed by atoms with Crippen LogP contribution in [-0.4, -0.2) is 23.6 Å². The van der Waals surface area contributed by atoms with Gasteiger partial charge in [0.2, 0.25) is 0 Å². The standard InChI is InChI=1S/C17H33NS/c1-13(2)15-8-7-14(3)11-16(15)18-12-17(19-4)9-5-6-10-17/h13-16,18H,5-12H2,1-4H3. The molecule has 0 bridgehead atoms. The van der Waals surface area contributed by atoms with Gasteiger partial charge in [0.15, 0.2) is 0 Å². The lowest BCUT2D eigenvalue weighted by molar-refractivity contribution is 0.167. The molecule has 1 nitrogen and oxygen atoms in total. The fraction of sp³-hybridized carbons (Fsp3) is 1.00. The van der Waals surface area contributed by atoms with Crippen LogP contribution in [0.5, 0.6) is 0 Å². The van der Waals surface area contributed by atoms with Crippen LogP contribution in [0.2, 0.25) is 0 Å². The van der Waals surface area contributed by atoms with E-state index in [4.69, 9.17) is 0 Å². The lowest BCUT2D eigenvalue weighted by Gasteiger charge is -2.40. The summed E-state index contributed by atoms with van der Waals surface area (Å²) in [5.41, 5.74) is 0. The Morgan fingerprint density at radius 2 is 1.89 bits per heavy atom. The molecule has 2 heteroatoms. The molecule has 2 fully saturated rings. The molecule has 19 heavy (non-hydrogen) atoms. The fourth-order valence-corrected chi connectivity index (χ4v) is 5.15. The van der Waals surface area contributed by atoms with Gasteiger partial charge in [-0.05, 0) is 49.7 Å². The Balaban J connectivity index is 1.91. The zero-order valence-electron chi connectivity index (χ0n) is 13.4. The van der Waals surface area contributed by atoms with Crippen molar-refractivity contribution in [2.45, 2.75) is 76.5 Å². The summed E-state index contributed by atoms with van der Waals surface area (Å²) in [6.45, 7) is 8.50. The van der Waals surface area contributed by atoms with Crippen molar-refractivity contribution in [3.05, 3.63) is 0 Å². The highest BCUT2D eigenvalue weighted by Gasteiger charge is 2.36. The van der Waals surface area contributed by atoms with Crippen LogP contribution in [0.15, 0.2) is 0 Å². The lowest BCUT2D eigenvalue weighted by Crippen LogP contribution is -2.47. The van der Waals surface area contributed by atoms with Crippen molar-refractivity contribution in [1.29, 1.82) is 0 Å². The van der Waals surface area contributed by atoms with Crippen molar-refractivity contribution in [2.24, 2.45) is 17.8 Å². The molecule has 0 aromatic heterocycles. The predicted molar refractivity (Wildman–Crippen MR) is 87.8 cm³/mol. The first kappa shape index (κ1) is 15.7. The molecule has 0 aromatic carbocycles. The maximum Gasteiger partial charge on any atom is 0.0281 e. The second-order valence-corrected chi connectivity index (χ2v) is 8.68. The van der Waals surface area contributed by atoms with Crippen LogP contribution in [0, 0.1) is 17.8 Å². The molecule has 112 valence electrons. The first-order valence-electron chi connectivity index (χ1n) is 8.35. The molecule has 1 N–H and O–H groups in total.